The molecule has 1 aliphatic rings. The van der Waals surface area contributed by atoms with Crippen LogP contribution < -0.4 is 5.32 Å². The van der Waals surface area contributed by atoms with Gasteiger partial charge in [0.15, 0.2) is 0 Å². The number of hydrogen-bond acceptors (Lipinski definition) is 9. The Balaban J connectivity index is 1.37. The van der Waals surface area contributed by atoms with E-state index in [1.165, 1.54) is 18.9 Å². The number of methoxy groups -OCH3 is 1. The number of hydrogen-bond donors (Lipinski definition) is 1. The van der Waals surface area contributed by atoms with Crippen molar-refractivity contribution in [1.29, 1.82) is 0 Å². The van der Waals surface area contributed by atoms with E-state index in [-0.39, 0.29) is 11.8 Å². The van der Waals surface area contributed by atoms with Crippen molar-refractivity contribution in [2.75, 3.05) is 46.2 Å². The summed E-state index contributed by atoms with van der Waals surface area (Å²) in [4.78, 5) is 52.9. The molecule has 2 aromatic carbocycles. The van der Waals surface area contributed by atoms with Gasteiger partial charge in [-0.2, -0.15) is 0 Å². The molecule has 1 aliphatic heterocycles. The van der Waals surface area contributed by atoms with Crippen molar-refractivity contribution in [1.82, 2.24) is 9.80 Å². The lowest BCUT2D eigenvalue weighted by Crippen LogP contribution is -2.29. The molecular formula is C29H33N3O6S2. The molecule has 1 saturated heterocycles. The minimum absolute atomic E-state index is 0.118. The molecule has 0 bridgehead atoms. The fourth-order valence-corrected chi connectivity index (χ4v) is 5.04. The van der Waals surface area contributed by atoms with E-state index in [1.807, 2.05) is 19.0 Å². The molecule has 0 atom stereocenters. The van der Waals surface area contributed by atoms with Crippen LogP contribution in [-0.2, 0) is 19.1 Å². The molecule has 40 heavy (non-hydrogen) atoms. The smallest absolute Gasteiger partial charge is 0.338 e. The fourth-order valence-electron chi connectivity index (χ4n) is 3.73. The third kappa shape index (κ3) is 9.29. The van der Waals surface area contributed by atoms with E-state index in [1.54, 1.807) is 59.5 Å². The Morgan fingerprint density at radius 3 is 2.27 bits per heavy atom. The Morgan fingerprint density at radius 2 is 1.62 bits per heavy atom. The zero-order chi connectivity index (χ0) is 29.1. The number of nitrogens with one attached hydrogen (secondary N) is 1. The number of likely N-dealkylation sites (N-methyl/N-ethyl adjacent to an activating group) is 1. The molecule has 1 fully saturated rings. The summed E-state index contributed by atoms with van der Waals surface area (Å²) in [5.41, 5.74) is 2.26. The van der Waals surface area contributed by atoms with Gasteiger partial charge in [-0.1, -0.05) is 42.5 Å². The summed E-state index contributed by atoms with van der Waals surface area (Å²) in [6.45, 7) is 1.44. The van der Waals surface area contributed by atoms with Crippen LogP contribution in [0.5, 0.6) is 0 Å². The Bertz CT molecular complexity index is 1260. The number of unbranched alkanes of at least 4 members (excludes halogenated alkanes) is 2. The van der Waals surface area contributed by atoms with Crippen molar-refractivity contribution >= 4 is 63.8 Å². The van der Waals surface area contributed by atoms with Crippen LogP contribution in [-0.4, -0.2) is 78.8 Å². The van der Waals surface area contributed by atoms with Gasteiger partial charge in [-0.05, 0) is 75.0 Å². The minimum atomic E-state index is -0.417. The van der Waals surface area contributed by atoms with Gasteiger partial charge in [-0.3, -0.25) is 14.5 Å². The maximum Gasteiger partial charge on any atom is 0.338 e. The first-order valence-electron chi connectivity index (χ1n) is 12.8. The number of thiocarbonyl (C=S) groups is 1. The molecule has 11 heteroatoms. The molecule has 3 rings (SSSR count). The van der Waals surface area contributed by atoms with E-state index in [0.29, 0.717) is 65.0 Å². The Morgan fingerprint density at radius 1 is 0.975 bits per heavy atom. The minimum Gasteiger partial charge on any atom is -0.465 e. The van der Waals surface area contributed by atoms with E-state index in [0.717, 1.165) is 12.0 Å². The van der Waals surface area contributed by atoms with Gasteiger partial charge in [0.2, 0.25) is 5.91 Å². The van der Waals surface area contributed by atoms with Gasteiger partial charge in [-0.15, -0.1) is 0 Å². The lowest BCUT2D eigenvalue weighted by molar-refractivity contribution is -0.122. The number of carbonyl (C=O) groups is 4. The fraction of sp³-hybridized carbons (Fsp3) is 0.345. The van der Waals surface area contributed by atoms with E-state index in [2.05, 4.69) is 5.32 Å². The monoisotopic (exact) mass is 583 g/mol. The number of anilines is 1. The molecule has 1 heterocycles. The lowest BCUT2D eigenvalue weighted by atomic mass is 10.1. The maximum atomic E-state index is 12.8. The first kappa shape index (κ1) is 31.0. The van der Waals surface area contributed by atoms with Crippen LogP contribution in [0.2, 0.25) is 0 Å². The molecule has 1 N–H and O–H groups in total. The van der Waals surface area contributed by atoms with Crippen molar-refractivity contribution in [2.45, 2.75) is 25.7 Å². The molecule has 2 amide bonds. The highest BCUT2D eigenvalue weighted by molar-refractivity contribution is 8.26. The summed E-state index contributed by atoms with van der Waals surface area (Å²) >= 11 is 6.65. The van der Waals surface area contributed by atoms with Gasteiger partial charge < -0.3 is 19.7 Å². The van der Waals surface area contributed by atoms with Gasteiger partial charge >= 0.3 is 11.9 Å². The van der Waals surface area contributed by atoms with Gasteiger partial charge in [0.05, 0.1) is 23.1 Å². The van der Waals surface area contributed by atoms with Crippen molar-refractivity contribution in [2.24, 2.45) is 0 Å². The maximum absolute atomic E-state index is 12.8. The average Bonchev–Trinajstić information content (AvgIpc) is 3.20. The number of rotatable bonds is 13. The van der Waals surface area contributed by atoms with E-state index in [9.17, 15) is 19.2 Å². The predicted molar refractivity (Wildman–Crippen MR) is 160 cm³/mol. The second kappa shape index (κ2) is 15.3. The SMILES string of the molecule is COC(=O)c1ccc(/C=C2\SC(=S)N(CCCCCC(=O)Nc3ccc(C(=O)OCCN(C)C)cc3)C2=O)cc1. The van der Waals surface area contributed by atoms with Crippen LogP contribution in [0.3, 0.4) is 0 Å². The topological polar surface area (TPSA) is 105 Å². The zero-order valence-electron chi connectivity index (χ0n) is 22.8. The highest BCUT2D eigenvalue weighted by atomic mass is 32.2. The number of thioether (sulfide) groups is 1. The van der Waals surface area contributed by atoms with Crippen molar-refractivity contribution in [3.05, 3.63) is 70.1 Å². The Labute approximate surface area is 243 Å². The largest absolute Gasteiger partial charge is 0.465 e. The molecule has 0 radical (unpaired) electrons. The summed E-state index contributed by atoms with van der Waals surface area (Å²) in [7, 11) is 5.13. The summed E-state index contributed by atoms with van der Waals surface area (Å²) in [5.74, 6) is -1.08. The van der Waals surface area contributed by atoms with Crippen LogP contribution in [0, 0.1) is 0 Å². The molecule has 0 spiro atoms. The first-order valence-corrected chi connectivity index (χ1v) is 14.1. The standard InChI is InChI=1S/C29H33N3O6S2/c1-31(2)17-18-38-28(36)22-12-14-23(15-13-22)30-25(33)7-5-4-6-16-32-26(34)24(40-29(32)39)19-20-8-10-21(11-9-20)27(35)37-3/h8-15,19H,4-7,16-18H2,1-3H3,(H,30,33)/b24-19-. The molecule has 0 unspecified atom stereocenters. The Kier molecular flexibility index (Phi) is 11.9. The number of benzene rings is 2. The lowest BCUT2D eigenvalue weighted by Gasteiger charge is -2.14. The number of amides is 2. The number of esters is 2. The van der Waals surface area contributed by atoms with Gasteiger partial charge in [0.25, 0.3) is 5.91 Å². The van der Waals surface area contributed by atoms with Gasteiger partial charge in [-0.25, -0.2) is 9.59 Å². The van der Waals surface area contributed by atoms with Crippen LogP contribution in [0.4, 0.5) is 5.69 Å². The quantitative estimate of drug-likeness (QED) is 0.157. The first-order chi connectivity index (χ1) is 19.2. The third-order valence-corrected chi connectivity index (χ3v) is 7.34. The second-order valence-electron chi connectivity index (χ2n) is 9.32. The van der Waals surface area contributed by atoms with Gasteiger partial charge in [0, 0.05) is 25.2 Å². The molecule has 2 aromatic rings. The third-order valence-electron chi connectivity index (χ3n) is 5.96. The van der Waals surface area contributed by atoms with Gasteiger partial charge in [0.1, 0.15) is 10.9 Å². The molecule has 0 saturated carbocycles. The van der Waals surface area contributed by atoms with Crippen molar-refractivity contribution in [3.8, 4) is 0 Å². The number of carbonyl (C=O) groups excluding carboxylic acids is 4. The van der Waals surface area contributed by atoms with Crippen LogP contribution in [0.25, 0.3) is 6.08 Å². The molecule has 212 valence electrons. The van der Waals surface area contributed by atoms with E-state index >= 15 is 0 Å². The average molecular weight is 584 g/mol. The second-order valence-corrected chi connectivity index (χ2v) is 11.0. The van der Waals surface area contributed by atoms with Crippen molar-refractivity contribution in [3.63, 3.8) is 0 Å². The summed E-state index contributed by atoms with van der Waals surface area (Å²) in [6.07, 6.45) is 4.24. The Hall–Kier alpha value is -3.54. The number of ether oxygens (including phenoxy) is 2. The molecular weight excluding hydrogens is 550 g/mol. The zero-order valence-corrected chi connectivity index (χ0v) is 24.4. The highest BCUT2D eigenvalue weighted by Crippen LogP contribution is 2.32. The van der Waals surface area contributed by atoms with Crippen LogP contribution in [0.15, 0.2) is 53.4 Å². The predicted octanol–water partition coefficient (Wildman–Crippen LogP) is 4.59. The summed E-state index contributed by atoms with van der Waals surface area (Å²) in [6, 6.07) is 13.4. The van der Waals surface area contributed by atoms with Crippen LogP contribution >= 0.6 is 24.0 Å². The molecule has 9 nitrogen and oxygen atoms in total. The normalized spacial score (nSPS) is 14.1. The van der Waals surface area contributed by atoms with E-state index in [4.69, 9.17) is 21.7 Å². The number of nitrogens with zero attached hydrogens (tertiary/aromatic N) is 2. The van der Waals surface area contributed by atoms with E-state index < -0.39 is 11.9 Å². The molecule has 0 aromatic heterocycles. The summed E-state index contributed by atoms with van der Waals surface area (Å²) < 4.78 is 10.4. The molecule has 0 aliphatic carbocycles. The summed E-state index contributed by atoms with van der Waals surface area (Å²) in [5, 5.41) is 2.83. The van der Waals surface area contributed by atoms with Crippen molar-refractivity contribution < 1.29 is 28.7 Å². The highest BCUT2D eigenvalue weighted by Gasteiger charge is 2.31. The van der Waals surface area contributed by atoms with Crippen LogP contribution in [0.1, 0.15) is 52.0 Å².